The van der Waals surface area contributed by atoms with Crippen LogP contribution in [0.25, 0.3) is 11.4 Å². The maximum absolute atomic E-state index is 11.0. The molecule has 2 unspecified atom stereocenters. The van der Waals surface area contributed by atoms with Crippen molar-refractivity contribution in [2.24, 2.45) is 5.92 Å². The Morgan fingerprint density at radius 2 is 2.00 bits per heavy atom. The molecular weight excluding hydrogens is 234 g/mol. The van der Waals surface area contributed by atoms with E-state index in [0.717, 1.165) is 5.56 Å². The Morgan fingerprint density at radius 1 is 1.33 bits per heavy atom. The minimum atomic E-state index is -0.876. The van der Waals surface area contributed by atoms with Crippen LogP contribution in [-0.4, -0.2) is 36.3 Å². The summed E-state index contributed by atoms with van der Waals surface area (Å²) in [6.07, 6.45) is 3.28. The molecule has 0 aliphatic heterocycles. The van der Waals surface area contributed by atoms with E-state index in [4.69, 9.17) is 5.11 Å². The Balaban J connectivity index is 2.37. The number of rotatable bonds is 4. The Morgan fingerprint density at radius 3 is 2.61 bits per heavy atom. The lowest BCUT2D eigenvalue weighted by Gasteiger charge is -2.17. The third kappa shape index (κ3) is 2.20. The summed E-state index contributed by atoms with van der Waals surface area (Å²) >= 11 is 0. The predicted molar refractivity (Wildman–Crippen MR) is 62.6 cm³/mol. The number of aromatic nitrogens is 5. The Kier molecular flexibility index (Phi) is 3.31. The zero-order valence-corrected chi connectivity index (χ0v) is 10.1. The highest BCUT2D eigenvalue weighted by Crippen LogP contribution is 2.22. The van der Waals surface area contributed by atoms with E-state index < -0.39 is 11.9 Å². The standard InChI is InChI=1S/C11H13N5O2/c1-7(11(17)18)8(2)16-10(13-14-15-16)9-3-5-12-6-4-9/h3-8H,1-2H3,(H,17,18). The van der Waals surface area contributed by atoms with E-state index in [0.29, 0.717) is 5.82 Å². The van der Waals surface area contributed by atoms with E-state index >= 15 is 0 Å². The number of tetrazole rings is 1. The Labute approximate surface area is 103 Å². The SMILES string of the molecule is CC(C(=O)O)C(C)n1nnnc1-c1ccncc1. The first kappa shape index (κ1) is 12.2. The van der Waals surface area contributed by atoms with Crippen molar-refractivity contribution in [3.8, 4) is 11.4 Å². The second-order valence-electron chi connectivity index (χ2n) is 4.05. The molecule has 0 amide bonds. The monoisotopic (exact) mass is 247 g/mol. The molecule has 7 heteroatoms. The minimum Gasteiger partial charge on any atom is -0.481 e. The molecule has 0 aliphatic rings. The number of nitrogens with zero attached hydrogens (tertiary/aromatic N) is 5. The van der Waals surface area contributed by atoms with Crippen LogP contribution < -0.4 is 0 Å². The molecule has 0 saturated heterocycles. The summed E-state index contributed by atoms with van der Waals surface area (Å²) in [6.45, 7) is 3.41. The zero-order chi connectivity index (χ0) is 13.1. The lowest BCUT2D eigenvalue weighted by Crippen LogP contribution is -2.23. The lowest BCUT2D eigenvalue weighted by molar-refractivity contribution is -0.142. The first-order valence-corrected chi connectivity index (χ1v) is 5.52. The average Bonchev–Trinajstić information content (AvgIpc) is 2.87. The molecule has 0 saturated carbocycles. The van der Waals surface area contributed by atoms with Crippen LogP contribution in [0.5, 0.6) is 0 Å². The fourth-order valence-corrected chi connectivity index (χ4v) is 1.58. The summed E-state index contributed by atoms with van der Waals surface area (Å²) in [5.41, 5.74) is 0.805. The molecular formula is C11H13N5O2. The second kappa shape index (κ2) is 4.91. The molecule has 0 radical (unpaired) electrons. The number of pyridine rings is 1. The van der Waals surface area contributed by atoms with E-state index in [9.17, 15) is 4.79 Å². The number of aliphatic carboxylic acids is 1. The van der Waals surface area contributed by atoms with Gasteiger partial charge in [-0.3, -0.25) is 9.78 Å². The van der Waals surface area contributed by atoms with Gasteiger partial charge in [-0.1, -0.05) is 0 Å². The summed E-state index contributed by atoms with van der Waals surface area (Å²) < 4.78 is 1.52. The number of hydrogen-bond donors (Lipinski definition) is 1. The molecule has 2 aromatic heterocycles. The molecule has 2 atom stereocenters. The molecule has 2 rings (SSSR count). The van der Waals surface area contributed by atoms with Crippen LogP contribution in [-0.2, 0) is 4.79 Å². The van der Waals surface area contributed by atoms with E-state index in [1.165, 1.54) is 4.68 Å². The van der Waals surface area contributed by atoms with Gasteiger partial charge in [0.15, 0.2) is 5.82 Å². The van der Waals surface area contributed by atoms with Gasteiger partial charge in [0.1, 0.15) is 0 Å². The summed E-state index contributed by atoms with van der Waals surface area (Å²) in [6, 6.07) is 3.22. The van der Waals surface area contributed by atoms with Gasteiger partial charge in [0.05, 0.1) is 12.0 Å². The quantitative estimate of drug-likeness (QED) is 0.866. The predicted octanol–water partition coefficient (Wildman–Crippen LogP) is 1.02. The summed E-state index contributed by atoms with van der Waals surface area (Å²) in [4.78, 5) is 14.9. The zero-order valence-electron chi connectivity index (χ0n) is 10.1. The number of carbonyl (C=O) groups is 1. The van der Waals surface area contributed by atoms with Gasteiger partial charge in [-0.15, -0.1) is 5.10 Å². The van der Waals surface area contributed by atoms with Gasteiger partial charge in [0.25, 0.3) is 0 Å². The van der Waals surface area contributed by atoms with Crippen molar-refractivity contribution in [1.82, 2.24) is 25.2 Å². The number of carboxylic acids is 1. The third-order valence-electron chi connectivity index (χ3n) is 2.93. The largest absolute Gasteiger partial charge is 0.481 e. The molecule has 0 fully saturated rings. The highest BCUT2D eigenvalue weighted by Gasteiger charge is 2.24. The molecule has 0 bridgehead atoms. The maximum atomic E-state index is 11.0. The molecule has 7 nitrogen and oxygen atoms in total. The Bertz CT molecular complexity index is 539. The van der Waals surface area contributed by atoms with Gasteiger partial charge in [-0.25, -0.2) is 4.68 Å². The second-order valence-corrected chi connectivity index (χ2v) is 4.05. The maximum Gasteiger partial charge on any atom is 0.308 e. The number of hydrogen-bond acceptors (Lipinski definition) is 5. The highest BCUT2D eigenvalue weighted by atomic mass is 16.4. The van der Waals surface area contributed by atoms with Gasteiger partial charge in [-0.2, -0.15) is 0 Å². The highest BCUT2D eigenvalue weighted by molar-refractivity contribution is 5.70. The topological polar surface area (TPSA) is 93.8 Å². The molecule has 2 aromatic rings. The average molecular weight is 247 g/mol. The molecule has 18 heavy (non-hydrogen) atoms. The van der Waals surface area contributed by atoms with Crippen molar-refractivity contribution >= 4 is 5.97 Å². The van der Waals surface area contributed by atoms with Gasteiger partial charge >= 0.3 is 5.97 Å². The van der Waals surface area contributed by atoms with Crippen LogP contribution in [0, 0.1) is 5.92 Å². The van der Waals surface area contributed by atoms with Crippen molar-refractivity contribution in [1.29, 1.82) is 0 Å². The van der Waals surface area contributed by atoms with Gasteiger partial charge in [-0.05, 0) is 36.4 Å². The smallest absolute Gasteiger partial charge is 0.308 e. The first-order valence-electron chi connectivity index (χ1n) is 5.52. The number of carboxylic acid groups (broad SMARTS) is 1. The van der Waals surface area contributed by atoms with E-state index in [-0.39, 0.29) is 6.04 Å². The summed E-state index contributed by atoms with van der Waals surface area (Å²) in [7, 11) is 0. The van der Waals surface area contributed by atoms with E-state index in [1.54, 1.807) is 38.4 Å². The molecule has 1 N–H and O–H groups in total. The van der Waals surface area contributed by atoms with Crippen LogP contribution >= 0.6 is 0 Å². The molecule has 0 spiro atoms. The van der Waals surface area contributed by atoms with Crippen molar-refractivity contribution in [2.75, 3.05) is 0 Å². The lowest BCUT2D eigenvalue weighted by atomic mass is 10.0. The van der Waals surface area contributed by atoms with Crippen molar-refractivity contribution in [3.05, 3.63) is 24.5 Å². The summed E-state index contributed by atoms with van der Waals surface area (Å²) in [5, 5.41) is 20.4. The van der Waals surface area contributed by atoms with E-state index in [1.807, 2.05) is 0 Å². The van der Waals surface area contributed by atoms with Crippen molar-refractivity contribution in [3.63, 3.8) is 0 Å². The van der Waals surface area contributed by atoms with Crippen LogP contribution in [0.4, 0.5) is 0 Å². The normalized spacial score (nSPS) is 14.1. The fraction of sp³-hybridized carbons (Fsp3) is 0.364. The molecule has 94 valence electrons. The van der Waals surface area contributed by atoms with Crippen LogP contribution in [0.1, 0.15) is 19.9 Å². The Hall–Kier alpha value is -2.31. The molecule has 0 aromatic carbocycles. The fourth-order valence-electron chi connectivity index (χ4n) is 1.58. The van der Waals surface area contributed by atoms with Crippen LogP contribution in [0.2, 0.25) is 0 Å². The first-order chi connectivity index (χ1) is 8.61. The van der Waals surface area contributed by atoms with Gasteiger partial charge in [0, 0.05) is 18.0 Å². The van der Waals surface area contributed by atoms with Crippen molar-refractivity contribution in [2.45, 2.75) is 19.9 Å². The molecule has 0 aliphatic carbocycles. The molecule has 2 heterocycles. The van der Waals surface area contributed by atoms with Crippen LogP contribution in [0.3, 0.4) is 0 Å². The van der Waals surface area contributed by atoms with Gasteiger partial charge < -0.3 is 5.11 Å². The van der Waals surface area contributed by atoms with Crippen LogP contribution in [0.15, 0.2) is 24.5 Å². The van der Waals surface area contributed by atoms with E-state index in [2.05, 4.69) is 20.5 Å². The van der Waals surface area contributed by atoms with Crippen molar-refractivity contribution < 1.29 is 9.90 Å². The minimum absolute atomic E-state index is 0.333. The third-order valence-corrected chi connectivity index (χ3v) is 2.93. The van der Waals surface area contributed by atoms with Gasteiger partial charge in [0.2, 0.25) is 0 Å². The summed E-state index contributed by atoms with van der Waals surface area (Å²) in [5.74, 6) is -0.911.